The fourth-order valence-corrected chi connectivity index (χ4v) is 2.37. The summed E-state index contributed by atoms with van der Waals surface area (Å²) in [5.74, 6) is -1.45. The first kappa shape index (κ1) is 14.2. The first-order chi connectivity index (χ1) is 7.74. The summed E-state index contributed by atoms with van der Waals surface area (Å²) >= 11 is 4.83. The molecule has 1 unspecified atom stereocenters. The van der Waals surface area contributed by atoms with Crippen molar-refractivity contribution in [2.45, 2.75) is 37.6 Å². The zero-order valence-electron chi connectivity index (χ0n) is 9.46. The van der Waals surface area contributed by atoms with Gasteiger partial charge in [0.1, 0.15) is 6.04 Å². The van der Waals surface area contributed by atoms with Crippen LogP contribution in [-0.4, -0.2) is 34.7 Å². The monoisotopic (exact) mass is 268 g/mol. The molecular weight excluding hydrogens is 254 g/mol. The third-order valence-electron chi connectivity index (χ3n) is 2.85. The van der Waals surface area contributed by atoms with E-state index in [2.05, 4.69) is 0 Å². The summed E-state index contributed by atoms with van der Waals surface area (Å²) in [4.78, 5) is 24.0. The van der Waals surface area contributed by atoms with Crippen molar-refractivity contribution in [3.63, 3.8) is 0 Å². The van der Waals surface area contributed by atoms with Crippen molar-refractivity contribution >= 4 is 23.4 Å². The lowest BCUT2D eigenvalue weighted by atomic mass is 10.1. The molecule has 0 radical (unpaired) electrons. The number of alkyl halides is 3. The summed E-state index contributed by atoms with van der Waals surface area (Å²) in [7, 11) is 0. The summed E-state index contributed by atoms with van der Waals surface area (Å²) in [6.45, 7) is 1.83. The number of nitrogens with two attached hydrogens (primary N) is 1. The number of rotatable bonds is 5. The van der Waals surface area contributed by atoms with E-state index in [9.17, 15) is 18.4 Å². The Morgan fingerprint density at radius 2 is 2.29 bits per heavy atom. The standard InChI is InChI=1S/C10H15ClF2N2O2/c1-2-7(9(14)17)15-5-6(3-8(15)16)4-10(11,12)13/h6-7H,2-5H2,1H3,(H2,14,17)/t6?,7-/m0/s1. The molecule has 0 spiro atoms. The Labute approximate surface area is 103 Å². The van der Waals surface area contributed by atoms with Gasteiger partial charge in [-0.2, -0.15) is 8.78 Å². The fraction of sp³-hybridized carbons (Fsp3) is 0.800. The molecule has 1 aliphatic heterocycles. The van der Waals surface area contributed by atoms with Gasteiger partial charge in [0.05, 0.1) is 0 Å². The van der Waals surface area contributed by atoms with Crippen molar-refractivity contribution in [1.29, 1.82) is 0 Å². The van der Waals surface area contributed by atoms with Gasteiger partial charge in [-0.05, 0) is 23.9 Å². The third-order valence-corrected chi connectivity index (χ3v) is 3.00. The first-order valence-corrected chi connectivity index (χ1v) is 5.78. The number of carbonyl (C=O) groups excluding carboxylic acids is 2. The lowest BCUT2D eigenvalue weighted by Gasteiger charge is -2.24. The Morgan fingerprint density at radius 3 is 2.71 bits per heavy atom. The highest BCUT2D eigenvalue weighted by Crippen LogP contribution is 2.33. The molecule has 0 saturated carbocycles. The molecule has 1 aliphatic rings. The molecule has 0 aromatic rings. The quantitative estimate of drug-likeness (QED) is 0.765. The Hall–Kier alpha value is -0.910. The second-order valence-corrected chi connectivity index (χ2v) is 4.81. The molecule has 7 heteroatoms. The molecule has 1 saturated heterocycles. The summed E-state index contributed by atoms with van der Waals surface area (Å²) < 4.78 is 25.2. The maximum atomic E-state index is 12.6. The molecule has 0 aromatic heterocycles. The van der Waals surface area contributed by atoms with E-state index in [1.165, 1.54) is 4.90 Å². The van der Waals surface area contributed by atoms with Gasteiger partial charge in [0.15, 0.2) is 0 Å². The average molecular weight is 269 g/mol. The summed E-state index contributed by atoms with van der Waals surface area (Å²) in [6, 6.07) is -0.712. The smallest absolute Gasteiger partial charge is 0.322 e. The molecule has 1 fully saturated rings. The number of likely N-dealkylation sites (tertiary alicyclic amines) is 1. The van der Waals surface area contributed by atoms with Gasteiger partial charge in [0.25, 0.3) is 0 Å². The van der Waals surface area contributed by atoms with Crippen LogP contribution in [0.25, 0.3) is 0 Å². The fourth-order valence-electron chi connectivity index (χ4n) is 2.15. The van der Waals surface area contributed by atoms with Crippen LogP contribution >= 0.6 is 11.6 Å². The predicted octanol–water partition coefficient (Wildman–Crippen LogP) is 1.32. The van der Waals surface area contributed by atoms with E-state index in [4.69, 9.17) is 17.3 Å². The third kappa shape index (κ3) is 3.80. The second-order valence-electron chi connectivity index (χ2n) is 4.26. The van der Waals surface area contributed by atoms with Gasteiger partial charge in [-0.25, -0.2) is 0 Å². The van der Waals surface area contributed by atoms with Crippen LogP contribution in [0.5, 0.6) is 0 Å². The number of amides is 2. The molecule has 4 nitrogen and oxygen atoms in total. The average Bonchev–Trinajstić information content (AvgIpc) is 2.44. The van der Waals surface area contributed by atoms with E-state index in [-0.39, 0.29) is 18.9 Å². The summed E-state index contributed by atoms with van der Waals surface area (Å²) in [5, 5.41) is -3.31. The van der Waals surface area contributed by atoms with Crippen molar-refractivity contribution in [1.82, 2.24) is 4.90 Å². The van der Waals surface area contributed by atoms with Gasteiger partial charge in [-0.15, -0.1) is 0 Å². The number of hydrogen-bond donors (Lipinski definition) is 1. The van der Waals surface area contributed by atoms with E-state index in [1.54, 1.807) is 6.92 Å². The van der Waals surface area contributed by atoms with Crippen molar-refractivity contribution in [2.24, 2.45) is 11.7 Å². The van der Waals surface area contributed by atoms with Crippen molar-refractivity contribution in [3.8, 4) is 0 Å². The Morgan fingerprint density at radius 1 is 1.71 bits per heavy atom. The van der Waals surface area contributed by atoms with Crippen molar-refractivity contribution < 1.29 is 18.4 Å². The molecule has 1 rings (SSSR count). The van der Waals surface area contributed by atoms with Crippen LogP contribution in [0.2, 0.25) is 0 Å². The Balaban J connectivity index is 2.67. The molecule has 17 heavy (non-hydrogen) atoms. The normalized spacial score (nSPS) is 22.9. The van der Waals surface area contributed by atoms with Crippen LogP contribution in [-0.2, 0) is 9.59 Å². The van der Waals surface area contributed by atoms with Crippen LogP contribution in [0.3, 0.4) is 0 Å². The molecule has 0 aliphatic carbocycles. The number of hydrogen-bond acceptors (Lipinski definition) is 2. The van der Waals surface area contributed by atoms with Crippen molar-refractivity contribution in [3.05, 3.63) is 0 Å². The summed E-state index contributed by atoms with van der Waals surface area (Å²) in [5.41, 5.74) is 5.15. The number of nitrogens with zero attached hydrogens (tertiary/aromatic N) is 1. The predicted molar refractivity (Wildman–Crippen MR) is 58.5 cm³/mol. The minimum absolute atomic E-state index is 0.00785. The number of halogens is 3. The second kappa shape index (κ2) is 5.16. The maximum Gasteiger partial charge on any atom is 0.322 e. The highest BCUT2D eigenvalue weighted by Gasteiger charge is 2.40. The van der Waals surface area contributed by atoms with Crippen molar-refractivity contribution in [2.75, 3.05) is 6.54 Å². The lowest BCUT2D eigenvalue weighted by molar-refractivity contribution is -0.136. The van der Waals surface area contributed by atoms with E-state index in [0.29, 0.717) is 6.42 Å². The van der Waals surface area contributed by atoms with Crippen LogP contribution in [0.15, 0.2) is 0 Å². The SMILES string of the molecule is CC[C@@H](C(N)=O)N1CC(CC(F)(F)Cl)CC1=O. The lowest BCUT2D eigenvalue weighted by Crippen LogP contribution is -2.45. The molecule has 0 aromatic carbocycles. The van der Waals surface area contributed by atoms with Crippen LogP contribution in [0.1, 0.15) is 26.2 Å². The molecule has 98 valence electrons. The summed E-state index contributed by atoms with van der Waals surface area (Å²) in [6.07, 6.45) is -0.191. The molecule has 1 heterocycles. The Bertz CT molecular complexity index is 320. The van der Waals surface area contributed by atoms with Crippen LogP contribution < -0.4 is 5.73 Å². The van der Waals surface area contributed by atoms with Crippen LogP contribution in [0.4, 0.5) is 8.78 Å². The molecular formula is C10H15ClF2N2O2. The largest absolute Gasteiger partial charge is 0.368 e. The van der Waals surface area contributed by atoms with Gasteiger partial charge >= 0.3 is 5.38 Å². The minimum Gasteiger partial charge on any atom is -0.368 e. The zero-order chi connectivity index (χ0) is 13.2. The molecule has 2 amide bonds. The van der Waals surface area contributed by atoms with Gasteiger partial charge in [-0.3, -0.25) is 9.59 Å². The van der Waals surface area contributed by atoms with Gasteiger partial charge < -0.3 is 10.6 Å². The van der Waals surface area contributed by atoms with Gasteiger partial charge in [0.2, 0.25) is 11.8 Å². The van der Waals surface area contributed by atoms with E-state index >= 15 is 0 Å². The van der Waals surface area contributed by atoms with E-state index in [1.807, 2.05) is 0 Å². The van der Waals surface area contributed by atoms with E-state index < -0.39 is 29.7 Å². The minimum atomic E-state index is -3.31. The molecule has 2 N–H and O–H groups in total. The highest BCUT2D eigenvalue weighted by molar-refractivity contribution is 6.21. The number of primary amides is 1. The Kier molecular flexibility index (Phi) is 4.30. The first-order valence-electron chi connectivity index (χ1n) is 5.40. The van der Waals surface area contributed by atoms with Crippen LogP contribution in [0, 0.1) is 5.92 Å². The van der Waals surface area contributed by atoms with Gasteiger partial charge in [-0.1, -0.05) is 6.92 Å². The van der Waals surface area contributed by atoms with Gasteiger partial charge in [0, 0.05) is 19.4 Å². The molecule has 0 bridgehead atoms. The van der Waals surface area contributed by atoms with E-state index in [0.717, 1.165) is 0 Å². The highest BCUT2D eigenvalue weighted by atomic mass is 35.5. The zero-order valence-corrected chi connectivity index (χ0v) is 10.2. The topological polar surface area (TPSA) is 63.4 Å². The number of carbonyl (C=O) groups is 2. The maximum absolute atomic E-state index is 12.6. The molecule has 2 atom stereocenters.